The third-order valence-electron chi connectivity index (χ3n) is 4.56. The Kier molecular flexibility index (Phi) is 7.06. The molecule has 1 saturated carbocycles. The molecule has 6 heteroatoms. The first-order valence-electron chi connectivity index (χ1n) is 8.68. The van der Waals surface area contributed by atoms with Crippen molar-refractivity contribution in [1.29, 1.82) is 0 Å². The molecule has 1 aliphatic rings. The standard InChI is InChI=1S/C18H26ClN3O2/c1-12(15-10-6-7-11-16(15)19)20-13(2)17(23)22-18(24)21-14-8-4-3-5-9-14/h6-7,10-14,20H,3-5,8-9H2,1-2H3,(H2,21,22,23,24)/p+1/t12-,13-/m1/s1. The van der Waals surface area contributed by atoms with Gasteiger partial charge >= 0.3 is 6.03 Å². The second kappa shape index (κ2) is 9.04. The minimum Gasteiger partial charge on any atom is -0.335 e. The average molecular weight is 353 g/mol. The molecule has 3 amide bonds. The summed E-state index contributed by atoms with van der Waals surface area (Å²) in [6.45, 7) is 3.78. The highest BCUT2D eigenvalue weighted by molar-refractivity contribution is 6.31. The molecule has 0 saturated heterocycles. The summed E-state index contributed by atoms with van der Waals surface area (Å²) in [5, 5.41) is 7.93. The molecule has 24 heavy (non-hydrogen) atoms. The van der Waals surface area contributed by atoms with Crippen molar-refractivity contribution in [2.24, 2.45) is 0 Å². The van der Waals surface area contributed by atoms with Gasteiger partial charge in [0.15, 0.2) is 6.04 Å². The smallest absolute Gasteiger partial charge is 0.321 e. The summed E-state index contributed by atoms with van der Waals surface area (Å²) in [5.41, 5.74) is 0.977. The van der Waals surface area contributed by atoms with Gasteiger partial charge in [-0.2, -0.15) is 0 Å². The van der Waals surface area contributed by atoms with Gasteiger partial charge in [0.1, 0.15) is 6.04 Å². The van der Waals surface area contributed by atoms with Crippen LogP contribution in [0.3, 0.4) is 0 Å². The topological polar surface area (TPSA) is 74.8 Å². The zero-order valence-corrected chi connectivity index (χ0v) is 15.1. The van der Waals surface area contributed by atoms with Gasteiger partial charge in [0.2, 0.25) is 0 Å². The van der Waals surface area contributed by atoms with Gasteiger partial charge in [-0.05, 0) is 32.8 Å². The van der Waals surface area contributed by atoms with Crippen molar-refractivity contribution in [2.75, 3.05) is 0 Å². The van der Waals surface area contributed by atoms with E-state index in [2.05, 4.69) is 10.6 Å². The van der Waals surface area contributed by atoms with Crippen LogP contribution in [0.15, 0.2) is 24.3 Å². The number of carbonyl (C=O) groups excluding carboxylic acids is 2. The van der Waals surface area contributed by atoms with E-state index in [0.717, 1.165) is 31.2 Å². The summed E-state index contributed by atoms with van der Waals surface area (Å²) >= 11 is 6.19. The van der Waals surface area contributed by atoms with Gasteiger partial charge in [-0.25, -0.2) is 4.79 Å². The lowest BCUT2D eigenvalue weighted by Crippen LogP contribution is -2.92. The molecular weight excluding hydrogens is 326 g/mol. The first-order chi connectivity index (χ1) is 11.5. The number of amides is 3. The number of hydrogen-bond acceptors (Lipinski definition) is 2. The van der Waals surface area contributed by atoms with Crippen molar-refractivity contribution in [3.8, 4) is 0 Å². The molecule has 0 unspecified atom stereocenters. The second-order valence-electron chi connectivity index (χ2n) is 6.59. The lowest BCUT2D eigenvalue weighted by Gasteiger charge is -2.23. The molecule has 4 N–H and O–H groups in total. The van der Waals surface area contributed by atoms with E-state index in [1.807, 2.05) is 36.5 Å². The van der Waals surface area contributed by atoms with Crippen molar-refractivity contribution in [2.45, 2.75) is 64.1 Å². The SMILES string of the molecule is C[C@@H]([NH2+][C@H](C)c1ccccc1Cl)C(=O)NC(=O)NC1CCCCC1. The quantitative estimate of drug-likeness (QED) is 0.761. The number of nitrogens with two attached hydrogens (primary N) is 1. The minimum absolute atomic E-state index is 0.0286. The molecule has 0 aliphatic heterocycles. The van der Waals surface area contributed by atoms with E-state index in [1.165, 1.54) is 6.42 Å². The number of carbonyl (C=O) groups is 2. The van der Waals surface area contributed by atoms with Crippen LogP contribution in [0, 0.1) is 0 Å². The fourth-order valence-electron chi connectivity index (χ4n) is 3.16. The summed E-state index contributed by atoms with van der Waals surface area (Å²) < 4.78 is 0. The summed E-state index contributed by atoms with van der Waals surface area (Å²) in [6.07, 6.45) is 5.49. The van der Waals surface area contributed by atoms with Crippen molar-refractivity contribution >= 4 is 23.5 Å². The number of quaternary nitrogens is 1. The molecule has 0 radical (unpaired) electrons. The normalized spacial score (nSPS) is 17.8. The maximum atomic E-state index is 12.2. The summed E-state index contributed by atoms with van der Waals surface area (Å²) in [5.74, 6) is -0.290. The van der Waals surface area contributed by atoms with Crippen LogP contribution >= 0.6 is 11.6 Å². The molecule has 0 aromatic heterocycles. The first kappa shape index (κ1) is 18.7. The summed E-state index contributed by atoms with van der Waals surface area (Å²) in [4.78, 5) is 24.2. The Labute approximate surface area is 148 Å². The van der Waals surface area contributed by atoms with Crippen molar-refractivity contribution in [3.63, 3.8) is 0 Å². The lowest BCUT2D eigenvalue weighted by atomic mass is 9.96. The highest BCUT2D eigenvalue weighted by Crippen LogP contribution is 2.19. The van der Waals surface area contributed by atoms with E-state index in [0.29, 0.717) is 5.02 Å². The molecule has 2 rings (SSSR count). The van der Waals surface area contributed by atoms with Gasteiger partial charge in [0.05, 0.1) is 0 Å². The highest BCUT2D eigenvalue weighted by Gasteiger charge is 2.24. The van der Waals surface area contributed by atoms with Gasteiger partial charge in [0, 0.05) is 16.6 Å². The number of benzene rings is 1. The Morgan fingerprint density at radius 2 is 1.83 bits per heavy atom. The molecular formula is C18H27ClN3O2+. The van der Waals surface area contributed by atoms with Crippen LogP contribution in [0.1, 0.15) is 57.6 Å². The molecule has 2 atom stereocenters. The molecule has 0 heterocycles. The molecule has 0 bridgehead atoms. The average Bonchev–Trinajstić information content (AvgIpc) is 2.55. The van der Waals surface area contributed by atoms with Crippen molar-refractivity contribution in [3.05, 3.63) is 34.9 Å². The van der Waals surface area contributed by atoms with Gasteiger partial charge < -0.3 is 10.6 Å². The fraction of sp³-hybridized carbons (Fsp3) is 0.556. The predicted octanol–water partition coefficient (Wildman–Crippen LogP) is 2.51. The van der Waals surface area contributed by atoms with Crippen LogP contribution < -0.4 is 16.0 Å². The third kappa shape index (κ3) is 5.49. The third-order valence-corrected chi connectivity index (χ3v) is 4.91. The van der Waals surface area contributed by atoms with Gasteiger partial charge in [-0.15, -0.1) is 0 Å². The molecule has 5 nitrogen and oxygen atoms in total. The molecule has 1 aromatic carbocycles. The van der Waals surface area contributed by atoms with Crippen molar-refractivity contribution in [1.82, 2.24) is 10.6 Å². The molecule has 1 fully saturated rings. The zero-order valence-electron chi connectivity index (χ0n) is 14.3. The minimum atomic E-state index is -0.391. The van der Waals surface area contributed by atoms with Crippen LogP contribution in [-0.4, -0.2) is 24.0 Å². The van der Waals surface area contributed by atoms with Crippen LogP contribution in [0.5, 0.6) is 0 Å². The summed E-state index contributed by atoms with van der Waals surface area (Å²) in [7, 11) is 0. The Balaban J connectivity index is 1.81. The number of imide groups is 1. The van der Waals surface area contributed by atoms with E-state index in [9.17, 15) is 9.59 Å². The number of urea groups is 1. The summed E-state index contributed by atoms with van der Waals surface area (Å²) in [6, 6.07) is 7.03. The Hall–Kier alpha value is -1.59. The van der Waals surface area contributed by atoms with E-state index >= 15 is 0 Å². The Bertz CT molecular complexity index is 573. The largest absolute Gasteiger partial charge is 0.335 e. The predicted molar refractivity (Wildman–Crippen MR) is 94.8 cm³/mol. The molecule has 0 spiro atoms. The maximum Gasteiger partial charge on any atom is 0.321 e. The van der Waals surface area contributed by atoms with E-state index in [1.54, 1.807) is 6.92 Å². The Morgan fingerprint density at radius 1 is 1.17 bits per heavy atom. The van der Waals surface area contributed by atoms with Gasteiger partial charge in [-0.3, -0.25) is 10.1 Å². The molecule has 132 valence electrons. The monoisotopic (exact) mass is 352 g/mol. The number of rotatable bonds is 5. The van der Waals surface area contributed by atoms with Gasteiger partial charge in [-0.1, -0.05) is 49.1 Å². The van der Waals surface area contributed by atoms with Gasteiger partial charge in [0.25, 0.3) is 5.91 Å². The number of halogens is 1. The number of hydrogen-bond donors (Lipinski definition) is 3. The van der Waals surface area contributed by atoms with E-state index in [-0.39, 0.29) is 24.0 Å². The second-order valence-corrected chi connectivity index (χ2v) is 7.00. The zero-order chi connectivity index (χ0) is 17.5. The lowest BCUT2D eigenvalue weighted by molar-refractivity contribution is -0.710. The molecule has 1 aliphatic carbocycles. The molecule has 1 aromatic rings. The van der Waals surface area contributed by atoms with Crippen molar-refractivity contribution < 1.29 is 14.9 Å². The first-order valence-corrected chi connectivity index (χ1v) is 9.06. The number of nitrogens with one attached hydrogen (secondary N) is 2. The van der Waals surface area contributed by atoms with Crippen LogP contribution in [0.2, 0.25) is 5.02 Å². The highest BCUT2D eigenvalue weighted by atomic mass is 35.5. The van der Waals surface area contributed by atoms with E-state index in [4.69, 9.17) is 11.6 Å². The maximum absolute atomic E-state index is 12.2. The van der Waals surface area contributed by atoms with Crippen LogP contribution in [0.4, 0.5) is 4.79 Å². The Morgan fingerprint density at radius 3 is 2.50 bits per heavy atom. The fourth-order valence-corrected chi connectivity index (χ4v) is 3.47. The van der Waals surface area contributed by atoms with Crippen LogP contribution in [0.25, 0.3) is 0 Å². The van der Waals surface area contributed by atoms with Crippen LogP contribution in [-0.2, 0) is 4.79 Å². The van der Waals surface area contributed by atoms with E-state index < -0.39 is 6.03 Å².